The van der Waals surface area contributed by atoms with Crippen LogP contribution < -0.4 is 0 Å². The highest BCUT2D eigenvalue weighted by Crippen LogP contribution is 2.01. The Morgan fingerprint density at radius 3 is 1.64 bits per heavy atom. The summed E-state index contributed by atoms with van der Waals surface area (Å²) >= 11 is 0. The van der Waals surface area contributed by atoms with Crippen molar-refractivity contribution in [3.8, 4) is 0 Å². The molecule has 1 nitrogen and oxygen atoms in total. The van der Waals surface area contributed by atoms with E-state index in [0.717, 1.165) is 13.1 Å². The highest BCUT2D eigenvalue weighted by atomic mass is 28.3. The molecular weight excluding hydrogens is 157 g/mol. The van der Waals surface area contributed by atoms with Crippen molar-refractivity contribution in [3.05, 3.63) is 0 Å². The van der Waals surface area contributed by atoms with Crippen molar-refractivity contribution in [2.45, 2.75) is 27.7 Å². The maximum Gasteiger partial charge on any atom is 0.399 e. The van der Waals surface area contributed by atoms with Gasteiger partial charge in [-0.25, -0.2) is 0 Å². The normalized spacial score (nSPS) is 12.0. The molecule has 0 heterocycles. The minimum absolute atomic E-state index is 0.532. The number of nitrogens with zero attached hydrogens (tertiary/aromatic N) is 1. The van der Waals surface area contributed by atoms with E-state index in [1.807, 2.05) is 4.57 Å². The quantitative estimate of drug-likeness (QED) is 0.457. The molecule has 0 saturated carbocycles. The van der Waals surface area contributed by atoms with Crippen molar-refractivity contribution >= 4 is 10.0 Å². The lowest BCUT2D eigenvalue weighted by Gasteiger charge is -2.21. The molecule has 0 rings (SSSR count). The summed E-state index contributed by atoms with van der Waals surface area (Å²) in [5.74, 6) is 1.13. The number of hydrogen-bond donors (Lipinski definition) is 0. The van der Waals surface area contributed by atoms with Crippen LogP contribution in [0.4, 0.5) is 4.11 Å². The molecule has 0 amide bonds. The van der Waals surface area contributed by atoms with Gasteiger partial charge in [0, 0.05) is 0 Å². The highest BCUT2D eigenvalue weighted by molar-refractivity contribution is 6.22. The summed E-state index contributed by atoms with van der Waals surface area (Å²) in [4.78, 5) is 0. The minimum atomic E-state index is -0.532. The Morgan fingerprint density at radius 2 is 1.45 bits per heavy atom. The average molecular weight is 175 g/mol. The van der Waals surface area contributed by atoms with Gasteiger partial charge in [-0.1, -0.05) is 27.7 Å². The van der Waals surface area contributed by atoms with Crippen molar-refractivity contribution < 1.29 is 4.11 Å². The second-order valence-electron chi connectivity index (χ2n) is 3.78. The van der Waals surface area contributed by atoms with Crippen LogP contribution in [0, 0.1) is 11.8 Å². The van der Waals surface area contributed by atoms with Crippen LogP contribution in [0.3, 0.4) is 0 Å². The van der Waals surface area contributed by atoms with Crippen LogP contribution in [0.25, 0.3) is 0 Å². The summed E-state index contributed by atoms with van der Waals surface area (Å²) < 4.78 is 14.2. The molecule has 3 heteroatoms. The Kier molecular flexibility index (Phi) is 5.77. The van der Waals surface area contributed by atoms with Crippen LogP contribution in [-0.4, -0.2) is 27.7 Å². The van der Waals surface area contributed by atoms with Crippen LogP contribution in [-0.2, 0) is 0 Å². The Morgan fingerprint density at radius 1 is 1.09 bits per heavy atom. The van der Waals surface area contributed by atoms with Gasteiger partial charge in [-0.15, -0.1) is 0 Å². The first-order chi connectivity index (χ1) is 5.06. The second kappa shape index (κ2) is 5.72. The summed E-state index contributed by atoms with van der Waals surface area (Å²) in [5.41, 5.74) is 0. The number of halogens is 1. The summed E-state index contributed by atoms with van der Waals surface area (Å²) in [6.07, 6.45) is 0. The molecule has 66 valence electrons. The third-order valence-electron chi connectivity index (χ3n) is 1.29. The van der Waals surface area contributed by atoms with Gasteiger partial charge < -0.3 is 0 Å². The third kappa shape index (κ3) is 6.50. The lowest BCUT2D eigenvalue weighted by atomic mass is 10.2. The first kappa shape index (κ1) is 11.1. The van der Waals surface area contributed by atoms with Crippen LogP contribution in [0.5, 0.6) is 0 Å². The topological polar surface area (TPSA) is 3.24 Å². The number of hydrogen-bond acceptors (Lipinski definition) is 1. The molecule has 0 unspecified atom stereocenters. The summed E-state index contributed by atoms with van der Waals surface area (Å²) in [7, 11) is -0.532. The molecular formula is C8H18FNSi. The molecule has 0 fully saturated rings. The maximum atomic E-state index is 12.3. The largest absolute Gasteiger partial charge is 0.399 e. The van der Waals surface area contributed by atoms with Crippen molar-refractivity contribution in [2.75, 3.05) is 13.1 Å². The third-order valence-corrected chi connectivity index (χ3v) is 1.89. The molecule has 0 saturated heterocycles. The Hall–Kier alpha value is 0.107. The average Bonchev–Trinajstić information content (AvgIpc) is 1.84. The van der Waals surface area contributed by atoms with Crippen molar-refractivity contribution in [1.82, 2.24) is 4.57 Å². The van der Waals surface area contributed by atoms with Gasteiger partial charge in [-0.3, -0.25) is 8.67 Å². The Labute approximate surface area is 72.0 Å². The van der Waals surface area contributed by atoms with E-state index in [4.69, 9.17) is 0 Å². The van der Waals surface area contributed by atoms with E-state index in [2.05, 4.69) is 27.7 Å². The Balaban J connectivity index is 3.58. The lowest BCUT2D eigenvalue weighted by Crippen LogP contribution is -2.32. The molecule has 0 aromatic heterocycles. The van der Waals surface area contributed by atoms with E-state index in [0.29, 0.717) is 11.8 Å². The van der Waals surface area contributed by atoms with Gasteiger partial charge in [0.05, 0.1) is 0 Å². The zero-order chi connectivity index (χ0) is 8.85. The van der Waals surface area contributed by atoms with Gasteiger partial charge in [0.1, 0.15) is 0 Å². The molecule has 0 atom stereocenters. The predicted molar refractivity (Wildman–Crippen MR) is 48.1 cm³/mol. The zero-order valence-corrected chi connectivity index (χ0v) is 8.89. The van der Waals surface area contributed by atoms with E-state index in [-0.39, 0.29) is 0 Å². The molecule has 0 aromatic rings. The van der Waals surface area contributed by atoms with Gasteiger partial charge in [0.25, 0.3) is 0 Å². The minimum Gasteiger partial charge on any atom is -0.297 e. The van der Waals surface area contributed by atoms with Crippen molar-refractivity contribution in [3.63, 3.8) is 0 Å². The van der Waals surface area contributed by atoms with Gasteiger partial charge in [0.2, 0.25) is 0 Å². The number of rotatable bonds is 5. The molecule has 11 heavy (non-hydrogen) atoms. The van der Waals surface area contributed by atoms with Gasteiger partial charge in [0.15, 0.2) is 0 Å². The van der Waals surface area contributed by atoms with Crippen LogP contribution in [0.1, 0.15) is 27.7 Å². The van der Waals surface area contributed by atoms with Crippen molar-refractivity contribution in [2.24, 2.45) is 11.8 Å². The highest BCUT2D eigenvalue weighted by Gasteiger charge is 2.09. The standard InChI is InChI=1S/C8H18FNSi/c1-7(2)5-10(11-9)6-8(3)4/h7-8H,5-6H2,1-4H3. The maximum absolute atomic E-state index is 12.3. The summed E-state index contributed by atoms with van der Waals surface area (Å²) in [5, 5.41) is 0. The van der Waals surface area contributed by atoms with E-state index in [9.17, 15) is 4.11 Å². The summed E-state index contributed by atoms with van der Waals surface area (Å²) in [6, 6.07) is 0. The smallest absolute Gasteiger partial charge is 0.297 e. The predicted octanol–water partition coefficient (Wildman–Crippen LogP) is 2.10. The second-order valence-corrected chi connectivity index (χ2v) is 4.58. The van der Waals surface area contributed by atoms with E-state index in [1.165, 1.54) is 0 Å². The fourth-order valence-electron chi connectivity index (χ4n) is 1.03. The van der Waals surface area contributed by atoms with Crippen LogP contribution in [0.15, 0.2) is 0 Å². The summed E-state index contributed by atoms with van der Waals surface area (Å²) in [6.45, 7) is 10.2. The molecule has 2 radical (unpaired) electrons. The molecule has 0 aliphatic heterocycles. The molecule has 0 aliphatic carbocycles. The fourth-order valence-corrected chi connectivity index (χ4v) is 1.89. The monoisotopic (exact) mass is 175 g/mol. The van der Waals surface area contributed by atoms with Gasteiger partial charge in [-0.2, -0.15) is 0 Å². The first-order valence-electron chi connectivity index (χ1n) is 4.17. The first-order valence-corrected chi connectivity index (χ1v) is 5.00. The lowest BCUT2D eigenvalue weighted by molar-refractivity contribution is 0.331. The zero-order valence-electron chi connectivity index (χ0n) is 7.89. The van der Waals surface area contributed by atoms with Crippen LogP contribution in [0.2, 0.25) is 0 Å². The molecule has 0 N–H and O–H groups in total. The molecule has 0 aromatic carbocycles. The van der Waals surface area contributed by atoms with E-state index in [1.54, 1.807) is 0 Å². The van der Waals surface area contributed by atoms with E-state index >= 15 is 0 Å². The van der Waals surface area contributed by atoms with Gasteiger partial charge in [-0.05, 0) is 24.9 Å². The fraction of sp³-hybridized carbons (Fsp3) is 1.00. The Bertz CT molecular complexity index is 86.1. The molecule has 0 bridgehead atoms. The van der Waals surface area contributed by atoms with Crippen LogP contribution >= 0.6 is 0 Å². The van der Waals surface area contributed by atoms with Gasteiger partial charge >= 0.3 is 10.0 Å². The van der Waals surface area contributed by atoms with Crippen molar-refractivity contribution in [1.29, 1.82) is 0 Å². The van der Waals surface area contributed by atoms with E-state index < -0.39 is 10.0 Å². The molecule has 0 aliphatic rings. The molecule has 0 spiro atoms. The SMILES string of the molecule is CC(C)CN(CC(C)C)[Si]F.